The Morgan fingerprint density at radius 3 is 2.31 bits per heavy atom. The zero-order chi connectivity index (χ0) is 18.4. The molecule has 0 spiro atoms. The molecular weight excluding hydrogens is 346 g/mol. The lowest BCUT2D eigenvalue weighted by atomic mass is 9.94. The SMILES string of the molecule is Cc1ccc(S(=O)(=O)OCCC2CCN(Cc3ccccc3)CC2)cc1. The maximum Gasteiger partial charge on any atom is 0.296 e. The number of nitrogens with zero attached hydrogens (tertiary/aromatic N) is 1. The van der Waals surface area contributed by atoms with Crippen LogP contribution in [-0.2, 0) is 20.8 Å². The van der Waals surface area contributed by atoms with Crippen molar-refractivity contribution in [1.82, 2.24) is 4.90 Å². The van der Waals surface area contributed by atoms with Gasteiger partial charge < -0.3 is 0 Å². The molecule has 0 radical (unpaired) electrons. The molecule has 1 aliphatic heterocycles. The Morgan fingerprint density at radius 1 is 1.00 bits per heavy atom. The Balaban J connectivity index is 1.40. The number of aryl methyl sites for hydroxylation is 1. The lowest BCUT2D eigenvalue weighted by Gasteiger charge is -2.31. The van der Waals surface area contributed by atoms with Crippen LogP contribution in [0.1, 0.15) is 30.4 Å². The van der Waals surface area contributed by atoms with E-state index in [0.29, 0.717) is 5.92 Å². The first-order valence-corrected chi connectivity index (χ1v) is 10.7. The normalized spacial score (nSPS) is 16.7. The van der Waals surface area contributed by atoms with E-state index in [1.54, 1.807) is 24.3 Å². The summed E-state index contributed by atoms with van der Waals surface area (Å²) in [5.74, 6) is 0.537. The molecule has 0 unspecified atom stereocenters. The molecule has 0 bridgehead atoms. The summed E-state index contributed by atoms with van der Waals surface area (Å²) in [6.07, 6.45) is 2.99. The third-order valence-electron chi connectivity index (χ3n) is 5.03. The molecule has 0 atom stereocenters. The van der Waals surface area contributed by atoms with Gasteiger partial charge in [0.15, 0.2) is 0 Å². The fourth-order valence-corrected chi connectivity index (χ4v) is 4.29. The van der Waals surface area contributed by atoms with E-state index < -0.39 is 10.1 Å². The second-order valence-electron chi connectivity index (χ2n) is 7.08. The van der Waals surface area contributed by atoms with Gasteiger partial charge in [0.25, 0.3) is 10.1 Å². The molecular formula is C21H27NO3S. The number of likely N-dealkylation sites (tertiary alicyclic amines) is 1. The van der Waals surface area contributed by atoms with Crippen LogP contribution in [0.15, 0.2) is 59.5 Å². The Hall–Kier alpha value is -1.69. The van der Waals surface area contributed by atoms with Crippen molar-refractivity contribution in [3.8, 4) is 0 Å². The largest absolute Gasteiger partial charge is 0.299 e. The van der Waals surface area contributed by atoms with Crippen LogP contribution in [0, 0.1) is 12.8 Å². The van der Waals surface area contributed by atoms with E-state index in [4.69, 9.17) is 4.18 Å². The Bertz CT molecular complexity index is 780. The van der Waals surface area contributed by atoms with Gasteiger partial charge >= 0.3 is 0 Å². The van der Waals surface area contributed by atoms with E-state index >= 15 is 0 Å². The second-order valence-corrected chi connectivity index (χ2v) is 8.70. The van der Waals surface area contributed by atoms with Gasteiger partial charge in [-0.15, -0.1) is 0 Å². The van der Waals surface area contributed by atoms with Crippen molar-refractivity contribution in [2.75, 3.05) is 19.7 Å². The molecule has 2 aromatic rings. The summed E-state index contributed by atoms with van der Waals surface area (Å²) in [6, 6.07) is 17.3. The Morgan fingerprint density at radius 2 is 1.65 bits per heavy atom. The van der Waals surface area contributed by atoms with E-state index in [2.05, 4.69) is 29.2 Å². The highest BCUT2D eigenvalue weighted by Crippen LogP contribution is 2.23. The monoisotopic (exact) mass is 373 g/mol. The van der Waals surface area contributed by atoms with Crippen molar-refractivity contribution in [2.45, 2.75) is 37.6 Å². The van der Waals surface area contributed by atoms with Crippen LogP contribution in [0.25, 0.3) is 0 Å². The first-order chi connectivity index (χ1) is 12.5. The minimum absolute atomic E-state index is 0.237. The Kier molecular flexibility index (Phi) is 6.46. The second kappa shape index (κ2) is 8.80. The van der Waals surface area contributed by atoms with Gasteiger partial charge in [-0.1, -0.05) is 48.0 Å². The van der Waals surface area contributed by atoms with Crippen molar-refractivity contribution in [3.63, 3.8) is 0 Å². The van der Waals surface area contributed by atoms with Crippen LogP contribution in [0.4, 0.5) is 0 Å². The average molecular weight is 374 g/mol. The highest BCUT2D eigenvalue weighted by molar-refractivity contribution is 7.86. The van der Waals surface area contributed by atoms with Crippen LogP contribution < -0.4 is 0 Å². The summed E-state index contributed by atoms with van der Waals surface area (Å²) in [5, 5.41) is 0. The van der Waals surface area contributed by atoms with Gasteiger partial charge in [-0.05, 0) is 62.9 Å². The number of hydrogen-bond acceptors (Lipinski definition) is 4. The average Bonchev–Trinajstić information content (AvgIpc) is 2.64. The number of rotatable bonds is 7. The first kappa shape index (κ1) is 19.1. The van der Waals surface area contributed by atoms with Crippen LogP contribution in [0.2, 0.25) is 0 Å². The van der Waals surface area contributed by atoms with Crippen LogP contribution in [0.5, 0.6) is 0 Å². The van der Waals surface area contributed by atoms with Gasteiger partial charge in [0.2, 0.25) is 0 Å². The van der Waals surface area contributed by atoms with Crippen LogP contribution >= 0.6 is 0 Å². The van der Waals surface area contributed by atoms with Crippen molar-refractivity contribution in [2.24, 2.45) is 5.92 Å². The van der Waals surface area contributed by atoms with Crippen molar-refractivity contribution in [3.05, 3.63) is 65.7 Å². The van der Waals surface area contributed by atoms with Gasteiger partial charge in [-0.2, -0.15) is 8.42 Å². The zero-order valence-electron chi connectivity index (χ0n) is 15.3. The summed E-state index contributed by atoms with van der Waals surface area (Å²) >= 11 is 0. The van der Waals surface area contributed by atoms with Gasteiger partial charge in [-0.25, -0.2) is 0 Å². The van der Waals surface area contributed by atoms with Crippen molar-refractivity contribution in [1.29, 1.82) is 0 Å². The molecule has 1 heterocycles. The number of hydrogen-bond donors (Lipinski definition) is 0. The predicted octanol–water partition coefficient (Wildman–Crippen LogP) is 4.00. The Labute approximate surface area is 156 Å². The molecule has 2 aromatic carbocycles. The van der Waals surface area contributed by atoms with Gasteiger partial charge in [0.1, 0.15) is 0 Å². The smallest absolute Gasteiger partial charge is 0.296 e. The summed E-state index contributed by atoms with van der Waals surface area (Å²) in [7, 11) is -3.64. The van der Waals surface area contributed by atoms with E-state index in [0.717, 1.165) is 44.5 Å². The summed E-state index contributed by atoms with van der Waals surface area (Å²) < 4.78 is 29.7. The molecule has 3 rings (SSSR count). The molecule has 1 fully saturated rings. The summed E-state index contributed by atoms with van der Waals surface area (Å²) in [5.41, 5.74) is 2.38. The number of benzene rings is 2. The first-order valence-electron chi connectivity index (χ1n) is 9.25. The van der Waals surface area contributed by atoms with E-state index in [9.17, 15) is 8.42 Å². The summed E-state index contributed by atoms with van der Waals surface area (Å²) in [4.78, 5) is 2.70. The fraction of sp³-hybridized carbons (Fsp3) is 0.429. The van der Waals surface area contributed by atoms with Crippen LogP contribution in [-0.4, -0.2) is 33.0 Å². The standard InChI is InChI=1S/C21H27NO3S/c1-18-7-9-21(10-8-18)26(23,24)25-16-13-19-11-14-22(15-12-19)17-20-5-3-2-4-6-20/h2-10,19H,11-17H2,1H3. The molecule has 5 heteroatoms. The van der Waals surface area contributed by atoms with E-state index in [1.165, 1.54) is 5.56 Å². The maximum absolute atomic E-state index is 12.2. The molecule has 1 aliphatic rings. The molecule has 4 nitrogen and oxygen atoms in total. The van der Waals surface area contributed by atoms with Crippen molar-refractivity contribution < 1.29 is 12.6 Å². The molecule has 140 valence electrons. The highest BCUT2D eigenvalue weighted by atomic mass is 32.2. The molecule has 0 amide bonds. The molecule has 0 aliphatic carbocycles. The predicted molar refractivity (Wildman–Crippen MR) is 103 cm³/mol. The summed E-state index contributed by atoms with van der Waals surface area (Å²) in [6.45, 7) is 5.31. The topological polar surface area (TPSA) is 46.6 Å². The van der Waals surface area contributed by atoms with Gasteiger partial charge in [0, 0.05) is 6.54 Å². The highest BCUT2D eigenvalue weighted by Gasteiger charge is 2.21. The van der Waals surface area contributed by atoms with Gasteiger partial charge in [0.05, 0.1) is 11.5 Å². The third kappa shape index (κ3) is 5.40. The minimum Gasteiger partial charge on any atom is -0.299 e. The lowest BCUT2D eigenvalue weighted by Crippen LogP contribution is -2.33. The number of piperidine rings is 1. The molecule has 0 N–H and O–H groups in total. The van der Waals surface area contributed by atoms with E-state index in [1.807, 2.05) is 13.0 Å². The van der Waals surface area contributed by atoms with Crippen molar-refractivity contribution >= 4 is 10.1 Å². The third-order valence-corrected chi connectivity index (χ3v) is 6.36. The van der Waals surface area contributed by atoms with Gasteiger partial charge in [-0.3, -0.25) is 9.08 Å². The minimum atomic E-state index is -3.64. The molecule has 0 aromatic heterocycles. The van der Waals surface area contributed by atoms with E-state index in [-0.39, 0.29) is 11.5 Å². The molecule has 26 heavy (non-hydrogen) atoms. The van der Waals surface area contributed by atoms with Crippen LogP contribution in [0.3, 0.4) is 0 Å². The molecule has 0 saturated carbocycles. The quantitative estimate of drug-likeness (QED) is 0.688. The maximum atomic E-state index is 12.2. The zero-order valence-corrected chi connectivity index (χ0v) is 16.1. The molecule has 1 saturated heterocycles. The fourth-order valence-electron chi connectivity index (χ4n) is 3.37. The lowest BCUT2D eigenvalue weighted by molar-refractivity contribution is 0.159.